The molecular weight excluding hydrogens is 418 g/mol. The van der Waals surface area contributed by atoms with Gasteiger partial charge in [0, 0.05) is 29.4 Å². The Morgan fingerprint density at radius 3 is 2.84 bits per heavy atom. The van der Waals surface area contributed by atoms with E-state index in [9.17, 15) is 9.90 Å². The Kier molecular flexibility index (Phi) is 4.25. The minimum absolute atomic E-state index is 0.275. The van der Waals surface area contributed by atoms with Gasteiger partial charge in [-0.05, 0) is 32.9 Å². The van der Waals surface area contributed by atoms with E-state index >= 15 is 0 Å². The van der Waals surface area contributed by atoms with E-state index in [1.165, 1.54) is 13.3 Å². The topological polar surface area (TPSA) is 126 Å². The summed E-state index contributed by atoms with van der Waals surface area (Å²) in [4.78, 5) is 30.8. The predicted octanol–water partition coefficient (Wildman–Crippen LogP) is 2.67. The van der Waals surface area contributed by atoms with Crippen LogP contribution in [0.3, 0.4) is 0 Å². The second-order valence-corrected chi connectivity index (χ2v) is 8.89. The van der Waals surface area contributed by atoms with Crippen LogP contribution in [-0.2, 0) is 16.9 Å². The van der Waals surface area contributed by atoms with E-state index in [-0.39, 0.29) is 12.5 Å². The van der Waals surface area contributed by atoms with Crippen LogP contribution in [0.4, 0.5) is 5.82 Å². The monoisotopic (exact) mass is 439 g/mol. The molecule has 0 fully saturated rings. The molecule has 31 heavy (non-hydrogen) atoms. The fourth-order valence-electron chi connectivity index (χ4n) is 4.61. The summed E-state index contributed by atoms with van der Waals surface area (Å²) in [5.74, 6) is -0.00668. The lowest BCUT2D eigenvalue weighted by atomic mass is 9.98. The molecule has 0 radical (unpaired) electrons. The summed E-state index contributed by atoms with van der Waals surface area (Å²) >= 11 is 6.78. The van der Waals surface area contributed by atoms with Crippen LogP contribution in [-0.4, -0.2) is 53.1 Å². The molecule has 0 saturated heterocycles. The van der Waals surface area contributed by atoms with Gasteiger partial charge in [-0.3, -0.25) is 4.79 Å². The Hall–Kier alpha value is -3.17. The standard InChI is InChI=1S/C21H22ClN7O2/c1-10(30)20(31)28-7-12-13(16-15(22)11-5-4-6-24-18(11)27-16)14-17(23)25-9-26-19(14)29(12)21(2,3)8-28/h4-6,9-10,30H,7-8H2,1-3H3,(H,24,27)(H2,23,25,26)/t10-/m0/s1. The second kappa shape index (κ2) is 6.66. The molecule has 4 aromatic rings. The maximum Gasteiger partial charge on any atom is 0.251 e. The lowest BCUT2D eigenvalue weighted by Gasteiger charge is -2.41. The van der Waals surface area contributed by atoms with Gasteiger partial charge in [-0.1, -0.05) is 11.6 Å². The van der Waals surface area contributed by atoms with Gasteiger partial charge in [-0.25, -0.2) is 15.0 Å². The average Bonchev–Trinajstić information content (AvgIpc) is 3.23. The van der Waals surface area contributed by atoms with E-state index < -0.39 is 11.6 Å². The SMILES string of the molecule is C[C@H](O)C(=O)N1Cc2c(-c3[nH]c4ncccc4c3Cl)c3c(N)ncnc3n2C(C)(C)C1. The van der Waals surface area contributed by atoms with E-state index in [4.69, 9.17) is 17.3 Å². The highest BCUT2D eigenvalue weighted by molar-refractivity contribution is 6.38. The largest absolute Gasteiger partial charge is 0.384 e. The molecule has 9 nitrogen and oxygen atoms in total. The molecule has 0 aromatic carbocycles. The molecule has 4 aromatic heterocycles. The highest BCUT2D eigenvalue weighted by Gasteiger charge is 2.40. The number of carbonyl (C=O) groups excluding carboxylic acids is 1. The maximum atomic E-state index is 12.7. The van der Waals surface area contributed by atoms with Gasteiger partial charge in [0.05, 0.1) is 28.2 Å². The van der Waals surface area contributed by atoms with E-state index in [0.717, 1.165) is 16.6 Å². The molecule has 1 aliphatic heterocycles. The van der Waals surface area contributed by atoms with Crippen LogP contribution in [0, 0.1) is 0 Å². The zero-order chi connectivity index (χ0) is 22.1. The first kappa shape index (κ1) is 19.8. The molecule has 1 atom stereocenters. The summed E-state index contributed by atoms with van der Waals surface area (Å²) in [6.45, 7) is 6.21. The number of nitrogens with zero attached hydrogens (tertiary/aromatic N) is 5. The van der Waals surface area contributed by atoms with Gasteiger partial charge in [-0.15, -0.1) is 0 Å². The number of hydrogen-bond acceptors (Lipinski definition) is 6. The molecule has 10 heteroatoms. The van der Waals surface area contributed by atoms with Crippen LogP contribution in [0.2, 0.25) is 5.02 Å². The fourth-order valence-corrected chi connectivity index (χ4v) is 4.90. The summed E-state index contributed by atoms with van der Waals surface area (Å²) in [5.41, 5.74) is 9.36. The molecule has 0 aliphatic carbocycles. The molecule has 5 rings (SSSR count). The first-order valence-electron chi connectivity index (χ1n) is 9.94. The molecule has 4 N–H and O–H groups in total. The van der Waals surface area contributed by atoms with Gasteiger partial charge >= 0.3 is 0 Å². The van der Waals surface area contributed by atoms with E-state index in [0.29, 0.717) is 39.8 Å². The molecule has 0 bridgehead atoms. The lowest BCUT2D eigenvalue weighted by Crippen LogP contribution is -2.51. The number of anilines is 1. The number of aromatic amines is 1. The molecular formula is C21H22ClN7O2. The minimum Gasteiger partial charge on any atom is -0.384 e. The molecule has 160 valence electrons. The van der Waals surface area contributed by atoms with Crippen molar-refractivity contribution in [1.29, 1.82) is 0 Å². The van der Waals surface area contributed by atoms with Crippen LogP contribution in [0.15, 0.2) is 24.7 Å². The van der Waals surface area contributed by atoms with Crippen molar-refractivity contribution >= 4 is 45.4 Å². The van der Waals surface area contributed by atoms with Gasteiger partial charge in [0.15, 0.2) is 0 Å². The van der Waals surface area contributed by atoms with Crippen LogP contribution in [0.1, 0.15) is 26.5 Å². The molecule has 1 amide bonds. The fraction of sp³-hybridized carbons (Fsp3) is 0.333. The number of fused-ring (bicyclic) bond motifs is 4. The number of H-pyrrole nitrogens is 1. The van der Waals surface area contributed by atoms with E-state index in [1.54, 1.807) is 11.1 Å². The van der Waals surface area contributed by atoms with E-state index in [1.807, 2.05) is 26.0 Å². The van der Waals surface area contributed by atoms with Crippen molar-refractivity contribution in [2.45, 2.75) is 39.0 Å². The third-order valence-electron chi connectivity index (χ3n) is 5.83. The number of carbonyl (C=O) groups is 1. The Morgan fingerprint density at radius 1 is 1.35 bits per heavy atom. The minimum atomic E-state index is -1.10. The third-order valence-corrected chi connectivity index (χ3v) is 6.22. The summed E-state index contributed by atoms with van der Waals surface area (Å²) in [7, 11) is 0. The highest BCUT2D eigenvalue weighted by Crippen LogP contribution is 2.45. The van der Waals surface area contributed by atoms with Crippen LogP contribution >= 0.6 is 11.6 Å². The number of nitrogens with one attached hydrogen (secondary N) is 1. The number of aromatic nitrogens is 5. The molecule has 1 aliphatic rings. The van der Waals surface area contributed by atoms with Crippen molar-refractivity contribution in [3.63, 3.8) is 0 Å². The number of pyridine rings is 1. The van der Waals surface area contributed by atoms with Crippen molar-refractivity contribution in [2.24, 2.45) is 0 Å². The van der Waals surface area contributed by atoms with Crippen molar-refractivity contribution in [3.05, 3.63) is 35.4 Å². The van der Waals surface area contributed by atoms with Crippen LogP contribution < -0.4 is 5.73 Å². The van der Waals surface area contributed by atoms with Crippen molar-refractivity contribution in [3.8, 4) is 11.3 Å². The number of rotatable bonds is 2. The Bertz CT molecular complexity index is 1360. The first-order valence-corrected chi connectivity index (χ1v) is 10.3. The van der Waals surface area contributed by atoms with Crippen LogP contribution in [0.5, 0.6) is 0 Å². The van der Waals surface area contributed by atoms with E-state index in [2.05, 4.69) is 24.5 Å². The zero-order valence-electron chi connectivity index (χ0n) is 17.3. The lowest BCUT2D eigenvalue weighted by molar-refractivity contribution is -0.142. The molecule has 0 spiro atoms. The number of aliphatic hydroxyl groups is 1. The van der Waals surface area contributed by atoms with Gasteiger partial charge in [0.1, 0.15) is 29.5 Å². The second-order valence-electron chi connectivity index (χ2n) is 8.51. The molecule has 5 heterocycles. The zero-order valence-corrected chi connectivity index (χ0v) is 18.1. The van der Waals surface area contributed by atoms with Gasteiger partial charge in [0.25, 0.3) is 5.91 Å². The van der Waals surface area contributed by atoms with Crippen LogP contribution in [0.25, 0.3) is 33.3 Å². The number of nitrogens with two attached hydrogens (primary N) is 1. The maximum absolute atomic E-state index is 12.7. The summed E-state index contributed by atoms with van der Waals surface area (Å²) in [5, 5.41) is 11.9. The Labute approximate surface area is 182 Å². The Balaban J connectivity index is 1.87. The number of aliphatic hydroxyl groups excluding tert-OH is 1. The average molecular weight is 440 g/mol. The Morgan fingerprint density at radius 2 is 2.13 bits per heavy atom. The van der Waals surface area contributed by atoms with Gasteiger partial charge in [0.2, 0.25) is 0 Å². The number of nitrogen functional groups attached to an aromatic ring is 1. The highest BCUT2D eigenvalue weighted by atomic mass is 35.5. The summed E-state index contributed by atoms with van der Waals surface area (Å²) in [6.07, 6.45) is 2.03. The number of hydrogen-bond donors (Lipinski definition) is 3. The number of amides is 1. The van der Waals surface area contributed by atoms with Crippen molar-refractivity contribution in [1.82, 2.24) is 29.4 Å². The normalized spacial score (nSPS) is 16.6. The van der Waals surface area contributed by atoms with Gasteiger partial charge in [-0.2, -0.15) is 0 Å². The first-order chi connectivity index (χ1) is 14.7. The summed E-state index contributed by atoms with van der Waals surface area (Å²) < 4.78 is 2.09. The molecule has 0 unspecified atom stereocenters. The predicted molar refractivity (Wildman–Crippen MR) is 118 cm³/mol. The summed E-state index contributed by atoms with van der Waals surface area (Å²) in [6, 6.07) is 3.71. The van der Waals surface area contributed by atoms with Crippen molar-refractivity contribution in [2.75, 3.05) is 12.3 Å². The number of halogens is 1. The smallest absolute Gasteiger partial charge is 0.251 e. The van der Waals surface area contributed by atoms with Gasteiger partial charge < -0.3 is 25.3 Å². The molecule has 0 saturated carbocycles. The third kappa shape index (κ3) is 2.80. The van der Waals surface area contributed by atoms with Crippen molar-refractivity contribution < 1.29 is 9.90 Å². The quantitative estimate of drug-likeness (QED) is 0.440.